The second-order valence-corrected chi connectivity index (χ2v) is 20.0. The van der Waals surface area contributed by atoms with E-state index in [4.69, 9.17) is 0 Å². The Labute approximate surface area is 365 Å². The van der Waals surface area contributed by atoms with Crippen molar-refractivity contribution in [2.45, 2.75) is 56.3 Å². The van der Waals surface area contributed by atoms with Gasteiger partial charge in [0.25, 0.3) is 0 Å². The molecule has 8 aromatic carbocycles. The first-order valence-electron chi connectivity index (χ1n) is 23.1. The highest BCUT2D eigenvalue weighted by atomic mass is 15.1. The highest BCUT2D eigenvalue weighted by Gasteiger charge is 2.69. The first kappa shape index (κ1) is 35.2. The predicted molar refractivity (Wildman–Crippen MR) is 256 cm³/mol. The topological polar surface area (TPSA) is 3.24 Å². The molecule has 6 unspecified atom stereocenters. The molecule has 7 aliphatic rings. The molecule has 1 spiro atoms. The summed E-state index contributed by atoms with van der Waals surface area (Å²) in [5.41, 5.74) is 24.6. The summed E-state index contributed by atoms with van der Waals surface area (Å²) < 4.78 is 0. The van der Waals surface area contributed by atoms with E-state index < -0.39 is 0 Å². The molecule has 4 saturated carbocycles. The standard InChI is InChI=1S/C61H49N/c1-60(2)53-19-10-9-16-47(53)48-27-26-46(36-55(48)60)62(57-29-23-42(38-12-5-3-6-13-38)34-51(57)40-14-7-4-8-15-40)45-24-20-39(21-25-45)41-22-28-54-52(35-41)49-17-11-18-50-58-43-30-37-31-44(33-43)61(54,59(49)50)56(58)32-37/h3-29,34-37,43-44,56,58H,30-33H2,1-2H3. The minimum Gasteiger partial charge on any atom is -0.310 e. The maximum Gasteiger partial charge on any atom is 0.0540 e. The van der Waals surface area contributed by atoms with Crippen LogP contribution in [-0.2, 0) is 10.8 Å². The molecule has 15 rings (SSSR count). The zero-order chi connectivity index (χ0) is 40.9. The Morgan fingerprint density at radius 2 is 1.10 bits per heavy atom. The molecule has 0 saturated heterocycles. The molecule has 0 radical (unpaired) electrons. The Bertz CT molecular complexity index is 3140. The number of fused-ring (bicyclic) bond motifs is 5. The van der Waals surface area contributed by atoms with E-state index in [0.29, 0.717) is 0 Å². The lowest BCUT2D eigenvalue weighted by Crippen LogP contribution is -2.54. The monoisotopic (exact) mass is 795 g/mol. The van der Waals surface area contributed by atoms with Gasteiger partial charge in [0.2, 0.25) is 0 Å². The van der Waals surface area contributed by atoms with E-state index >= 15 is 0 Å². The molecule has 0 amide bonds. The molecule has 1 heteroatoms. The second kappa shape index (κ2) is 12.6. The summed E-state index contributed by atoms with van der Waals surface area (Å²) in [7, 11) is 0. The van der Waals surface area contributed by atoms with Crippen molar-refractivity contribution < 1.29 is 0 Å². The average Bonchev–Trinajstić information content (AvgIpc) is 3.86. The zero-order valence-corrected chi connectivity index (χ0v) is 35.5. The van der Waals surface area contributed by atoms with Crippen LogP contribution in [-0.4, -0.2) is 0 Å². The van der Waals surface area contributed by atoms with Gasteiger partial charge in [-0.25, -0.2) is 0 Å². The van der Waals surface area contributed by atoms with E-state index in [0.717, 1.165) is 41.0 Å². The Morgan fingerprint density at radius 1 is 0.435 bits per heavy atom. The van der Waals surface area contributed by atoms with Gasteiger partial charge in [-0.2, -0.15) is 0 Å². The van der Waals surface area contributed by atoms with Crippen molar-refractivity contribution >= 4 is 17.1 Å². The molecule has 1 nitrogen and oxygen atoms in total. The number of rotatable bonds is 6. The van der Waals surface area contributed by atoms with E-state index in [1.54, 1.807) is 16.7 Å². The van der Waals surface area contributed by atoms with Crippen molar-refractivity contribution in [1.82, 2.24) is 0 Å². The molecule has 0 aliphatic heterocycles. The van der Waals surface area contributed by atoms with Crippen LogP contribution < -0.4 is 4.90 Å². The Kier molecular flexibility index (Phi) is 7.14. The fourth-order valence-electron chi connectivity index (χ4n) is 14.7. The highest BCUT2D eigenvalue weighted by Crippen LogP contribution is 2.77. The van der Waals surface area contributed by atoms with Crippen LogP contribution >= 0.6 is 0 Å². The van der Waals surface area contributed by atoms with Gasteiger partial charge >= 0.3 is 0 Å². The number of hydrogen-bond donors (Lipinski definition) is 0. The molecular weight excluding hydrogens is 747 g/mol. The van der Waals surface area contributed by atoms with E-state index in [-0.39, 0.29) is 10.8 Å². The third-order valence-electron chi connectivity index (χ3n) is 16.9. The van der Waals surface area contributed by atoms with Crippen LogP contribution in [0.1, 0.15) is 73.3 Å². The average molecular weight is 796 g/mol. The van der Waals surface area contributed by atoms with Crippen LogP contribution in [0.3, 0.4) is 0 Å². The van der Waals surface area contributed by atoms with Gasteiger partial charge in [-0.1, -0.05) is 153 Å². The number of benzene rings is 8. The SMILES string of the molecule is CC1(C)c2ccccc2-c2ccc(N(c3ccc(-c4ccc5c(c4)-c4cccc6c4C54C5CC7CC(C5)C6C4C7)cc3)c3ccc(-c4ccccc4)cc3-c3ccccc3)cc21. The van der Waals surface area contributed by atoms with Gasteiger partial charge in [0.05, 0.1) is 5.69 Å². The van der Waals surface area contributed by atoms with E-state index in [1.165, 1.54) is 98.1 Å². The van der Waals surface area contributed by atoms with Gasteiger partial charge in [0, 0.05) is 27.8 Å². The Hall–Kier alpha value is -6.44. The minimum atomic E-state index is -0.111. The van der Waals surface area contributed by atoms with Crippen LogP contribution in [0.5, 0.6) is 0 Å². The molecule has 4 fully saturated rings. The quantitative estimate of drug-likeness (QED) is 0.162. The summed E-state index contributed by atoms with van der Waals surface area (Å²) in [4.78, 5) is 2.50. The predicted octanol–water partition coefficient (Wildman–Crippen LogP) is 15.9. The van der Waals surface area contributed by atoms with Crippen LogP contribution in [0.15, 0.2) is 182 Å². The smallest absolute Gasteiger partial charge is 0.0540 e. The van der Waals surface area contributed by atoms with Gasteiger partial charge in [0.1, 0.15) is 0 Å². The van der Waals surface area contributed by atoms with Gasteiger partial charge in [-0.3, -0.25) is 0 Å². The maximum atomic E-state index is 2.57. The molecular formula is C61H49N. The van der Waals surface area contributed by atoms with Crippen molar-refractivity contribution in [3.05, 3.63) is 210 Å². The van der Waals surface area contributed by atoms with Crippen molar-refractivity contribution in [3.63, 3.8) is 0 Å². The summed E-state index contributed by atoms with van der Waals surface area (Å²) >= 11 is 0. The lowest BCUT2D eigenvalue weighted by Gasteiger charge is -2.60. The summed E-state index contributed by atoms with van der Waals surface area (Å²) in [5.74, 6) is 4.25. The summed E-state index contributed by atoms with van der Waals surface area (Å²) in [5, 5.41) is 0. The first-order valence-corrected chi connectivity index (χ1v) is 23.1. The molecule has 7 aliphatic carbocycles. The van der Waals surface area contributed by atoms with E-state index in [1.807, 2.05) is 0 Å². The van der Waals surface area contributed by atoms with Gasteiger partial charge in [-0.05, 0) is 176 Å². The van der Waals surface area contributed by atoms with Crippen molar-refractivity contribution in [3.8, 4) is 55.6 Å². The lowest BCUT2D eigenvalue weighted by molar-refractivity contribution is -0.0431. The zero-order valence-electron chi connectivity index (χ0n) is 35.5. The molecule has 6 atom stereocenters. The largest absolute Gasteiger partial charge is 0.310 e. The second-order valence-electron chi connectivity index (χ2n) is 20.0. The van der Waals surface area contributed by atoms with E-state index in [2.05, 4.69) is 201 Å². The lowest BCUT2D eigenvalue weighted by atomic mass is 9.43. The van der Waals surface area contributed by atoms with Crippen LogP contribution in [0.25, 0.3) is 55.6 Å². The number of hydrogen-bond acceptors (Lipinski definition) is 1. The number of nitrogens with zero attached hydrogens (tertiary/aromatic N) is 1. The molecule has 0 heterocycles. The van der Waals surface area contributed by atoms with Gasteiger partial charge < -0.3 is 4.90 Å². The number of anilines is 3. The third-order valence-corrected chi connectivity index (χ3v) is 16.9. The highest BCUT2D eigenvalue weighted by molar-refractivity contribution is 5.93. The molecule has 8 aromatic rings. The van der Waals surface area contributed by atoms with Gasteiger partial charge in [-0.15, -0.1) is 0 Å². The normalized spacial score (nSPS) is 24.4. The summed E-state index contributed by atoms with van der Waals surface area (Å²) in [6.07, 6.45) is 5.77. The van der Waals surface area contributed by atoms with Crippen LogP contribution in [0.4, 0.5) is 17.1 Å². The Morgan fingerprint density at radius 3 is 1.92 bits per heavy atom. The summed E-state index contributed by atoms with van der Waals surface area (Å²) in [6, 6.07) is 69.2. The molecule has 0 aromatic heterocycles. The molecule has 298 valence electrons. The van der Waals surface area contributed by atoms with Crippen LogP contribution in [0.2, 0.25) is 0 Å². The molecule has 62 heavy (non-hydrogen) atoms. The van der Waals surface area contributed by atoms with Crippen LogP contribution in [0, 0.1) is 23.7 Å². The molecule has 0 N–H and O–H groups in total. The minimum absolute atomic E-state index is 0.111. The van der Waals surface area contributed by atoms with Gasteiger partial charge in [0.15, 0.2) is 0 Å². The van der Waals surface area contributed by atoms with E-state index in [9.17, 15) is 0 Å². The fourth-order valence-corrected chi connectivity index (χ4v) is 14.7. The van der Waals surface area contributed by atoms with Crippen molar-refractivity contribution in [2.75, 3.05) is 4.90 Å². The molecule has 6 bridgehead atoms. The third kappa shape index (κ3) is 4.59. The van der Waals surface area contributed by atoms with Crippen molar-refractivity contribution in [1.29, 1.82) is 0 Å². The fraction of sp³-hybridized carbons (Fsp3) is 0.213. The Balaban J connectivity index is 0.910. The maximum absolute atomic E-state index is 2.57. The van der Waals surface area contributed by atoms with Crippen molar-refractivity contribution in [2.24, 2.45) is 23.7 Å². The first-order chi connectivity index (χ1) is 30.5. The summed E-state index contributed by atoms with van der Waals surface area (Å²) in [6.45, 7) is 4.76.